The minimum absolute atomic E-state index is 0.0473. The fraction of sp³-hybridized carbons (Fsp3) is 0.111. The number of nitrogens with zero attached hydrogens (tertiary/aromatic N) is 2. The third-order valence-corrected chi connectivity index (χ3v) is 5.89. The first kappa shape index (κ1) is 19.1. The van der Waals surface area contributed by atoms with E-state index in [4.69, 9.17) is 0 Å². The highest BCUT2D eigenvalue weighted by atomic mass is 79.9. The molecule has 0 aliphatic carbocycles. The van der Waals surface area contributed by atoms with Gasteiger partial charge >= 0.3 is 0 Å². The number of halogens is 1. The molecule has 3 rings (SSSR count). The quantitative estimate of drug-likeness (QED) is 0.623. The standard InChI is InChI=1S/C18H17BrN4O3S/c1-12-17(11-20-23(12)2)18(24)21-15-4-3-5-16(10-15)27(25,26)22-14-8-6-13(19)7-9-14/h3-11,22H,1-2H3,(H,21,24). The van der Waals surface area contributed by atoms with E-state index in [1.165, 1.54) is 18.3 Å². The zero-order chi connectivity index (χ0) is 19.6. The molecule has 9 heteroatoms. The fourth-order valence-electron chi connectivity index (χ4n) is 2.39. The summed E-state index contributed by atoms with van der Waals surface area (Å²) in [5.41, 5.74) is 1.97. The minimum Gasteiger partial charge on any atom is -0.322 e. The maximum atomic E-state index is 12.6. The van der Waals surface area contributed by atoms with E-state index in [0.29, 0.717) is 22.6 Å². The van der Waals surface area contributed by atoms with E-state index in [1.807, 2.05) is 0 Å². The van der Waals surface area contributed by atoms with E-state index in [1.54, 1.807) is 55.1 Å². The van der Waals surface area contributed by atoms with Crippen molar-refractivity contribution in [3.8, 4) is 0 Å². The molecule has 0 saturated heterocycles. The summed E-state index contributed by atoms with van der Waals surface area (Å²) < 4.78 is 30.2. The second-order valence-corrected chi connectivity index (χ2v) is 8.46. The number of rotatable bonds is 5. The number of sulfonamides is 1. The summed E-state index contributed by atoms with van der Waals surface area (Å²) in [5.74, 6) is -0.351. The molecule has 2 aromatic carbocycles. The number of amides is 1. The van der Waals surface area contributed by atoms with Crippen LogP contribution in [0.25, 0.3) is 0 Å². The maximum Gasteiger partial charge on any atom is 0.261 e. The third kappa shape index (κ3) is 4.37. The lowest BCUT2D eigenvalue weighted by molar-refractivity contribution is 0.102. The van der Waals surface area contributed by atoms with Crippen molar-refractivity contribution in [1.82, 2.24) is 9.78 Å². The molecule has 0 fully saturated rings. The average molecular weight is 449 g/mol. The Bertz CT molecular complexity index is 1090. The summed E-state index contributed by atoms with van der Waals surface area (Å²) in [4.78, 5) is 12.4. The molecule has 1 amide bonds. The Labute approximate surface area is 165 Å². The van der Waals surface area contributed by atoms with Crippen LogP contribution in [0.2, 0.25) is 0 Å². The van der Waals surface area contributed by atoms with Crippen LogP contribution in [0.5, 0.6) is 0 Å². The predicted molar refractivity (Wildman–Crippen MR) is 107 cm³/mol. The Kier molecular flexibility index (Phi) is 5.33. The first-order chi connectivity index (χ1) is 12.8. The summed E-state index contributed by atoms with van der Waals surface area (Å²) in [7, 11) is -2.04. The molecule has 1 aromatic heterocycles. The molecular weight excluding hydrogens is 432 g/mol. The fourth-order valence-corrected chi connectivity index (χ4v) is 3.76. The first-order valence-electron chi connectivity index (χ1n) is 7.95. The Morgan fingerprint density at radius 2 is 1.81 bits per heavy atom. The van der Waals surface area contributed by atoms with Gasteiger partial charge in [-0.15, -0.1) is 0 Å². The van der Waals surface area contributed by atoms with E-state index in [0.717, 1.165) is 4.47 Å². The molecular formula is C18H17BrN4O3S. The van der Waals surface area contributed by atoms with E-state index < -0.39 is 10.0 Å². The highest BCUT2D eigenvalue weighted by Gasteiger charge is 2.17. The van der Waals surface area contributed by atoms with Crippen molar-refractivity contribution in [2.24, 2.45) is 7.05 Å². The van der Waals surface area contributed by atoms with Gasteiger partial charge < -0.3 is 5.32 Å². The molecule has 0 saturated carbocycles. The number of anilines is 2. The summed E-state index contributed by atoms with van der Waals surface area (Å²) in [6.07, 6.45) is 1.47. The van der Waals surface area contributed by atoms with Crippen molar-refractivity contribution >= 4 is 43.2 Å². The topological polar surface area (TPSA) is 93.1 Å². The van der Waals surface area contributed by atoms with Gasteiger partial charge in [-0.05, 0) is 49.4 Å². The van der Waals surface area contributed by atoms with Crippen molar-refractivity contribution < 1.29 is 13.2 Å². The molecule has 2 N–H and O–H groups in total. The van der Waals surface area contributed by atoms with Crippen LogP contribution >= 0.6 is 15.9 Å². The van der Waals surface area contributed by atoms with Gasteiger partial charge in [-0.1, -0.05) is 22.0 Å². The van der Waals surface area contributed by atoms with E-state index in [9.17, 15) is 13.2 Å². The van der Waals surface area contributed by atoms with Crippen molar-refractivity contribution in [1.29, 1.82) is 0 Å². The highest BCUT2D eigenvalue weighted by molar-refractivity contribution is 9.10. The number of benzene rings is 2. The molecule has 0 bridgehead atoms. The number of nitrogens with one attached hydrogen (secondary N) is 2. The molecule has 0 atom stereocenters. The summed E-state index contributed by atoms with van der Waals surface area (Å²) in [6, 6.07) is 12.9. The Morgan fingerprint density at radius 1 is 1.11 bits per heavy atom. The van der Waals surface area contributed by atoms with Crippen molar-refractivity contribution in [3.05, 3.63) is 70.5 Å². The molecule has 1 heterocycles. The summed E-state index contributed by atoms with van der Waals surface area (Å²) in [5, 5.41) is 6.74. The van der Waals surface area contributed by atoms with E-state index in [-0.39, 0.29) is 10.8 Å². The van der Waals surface area contributed by atoms with Gasteiger partial charge in [0.1, 0.15) is 0 Å². The van der Waals surface area contributed by atoms with Crippen LogP contribution in [0.4, 0.5) is 11.4 Å². The van der Waals surface area contributed by atoms with Crippen LogP contribution in [0, 0.1) is 6.92 Å². The summed E-state index contributed by atoms with van der Waals surface area (Å²) in [6.45, 7) is 1.78. The predicted octanol–water partition coefficient (Wildman–Crippen LogP) is 3.54. The molecule has 7 nitrogen and oxygen atoms in total. The third-order valence-electron chi connectivity index (χ3n) is 3.98. The van der Waals surface area contributed by atoms with Gasteiger partial charge in [0, 0.05) is 28.6 Å². The number of hydrogen-bond donors (Lipinski definition) is 2. The van der Waals surface area contributed by atoms with Crippen molar-refractivity contribution in [3.63, 3.8) is 0 Å². The first-order valence-corrected chi connectivity index (χ1v) is 10.2. The highest BCUT2D eigenvalue weighted by Crippen LogP contribution is 2.21. The summed E-state index contributed by atoms with van der Waals surface area (Å²) >= 11 is 3.30. The molecule has 0 spiro atoms. The minimum atomic E-state index is -3.79. The van der Waals surface area contributed by atoms with Crippen LogP contribution in [-0.4, -0.2) is 24.1 Å². The van der Waals surface area contributed by atoms with Gasteiger partial charge in [0.15, 0.2) is 0 Å². The van der Waals surface area contributed by atoms with Crippen LogP contribution in [-0.2, 0) is 17.1 Å². The molecule has 140 valence electrons. The number of carbonyl (C=O) groups excluding carboxylic acids is 1. The SMILES string of the molecule is Cc1c(C(=O)Nc2cccc(S(=O)(=O)Nc3ccc(Br)cc3)c2)cnn1C. The lowest BCUT2D eigenvalue weighted by atomic mass is 10.2. The Morgan fingerprint density at radius 3 is 2.44 bits per heavy atom. The van der Waals surface area contributed by atoms with Crippen LogP contribution in [0.3, 0.4) is 0 Å². The van der Waals surface area contributed by atoms with Gasteiger partial charge in [-0.25, -0.2) is 8.42 Å². The van der Waals surface area contributed by atoms with Crippen molar-refractivity contribution in [2.45, 2.75) is 11.8 Å². The monoisotopic (exact) mass is 448 g/mol. The zero-order valence-electron chi connectivity index (χ0n) is 14.6. The average Bonchev–Trinajstić information content (AvgIpc) is 2.96. The van der Waals surface area contributed by atoms with Gasteiger partial charge in [0.25, 0.3) is 15.9 Å². The number of hydrogen-bond acceptors (Lipinski definition) is 4. The largest absolute Gasteiger partial charge is 0.322 e. The van der Waals surface area contributed by atoms with Crippen molar-refractivity contribution in [2.75, 3.05) is 10.0 Å². The normalized spacial score (nSPS) is 11.2. The molecule has 0 unspecified atom stereocenters. The maximum absolute atomic E-state index is 12.6. The molecule has 0 aliphatic rings. The van der Waals surface area contributed by atoms with Gasteiger partial charge in [0.2, 0.25) is 0 Å². The molecule has 0 aliphatic heterocycles. The van der Waals surface area contributed by atoms with Crippen LogP contribution in [0.1, 0.15) is 16.1 Å². The Balaban J connectivity index is 1.81. The lowest BCUT2D eigenvalue weighted by Gasteiger charge is -2.10. The van der Waals surface area contributed by atoms with E-state index >= 15 is 0 Å². The number of carbonyl (C=O) groups is 1. The zero-order valence-corrected chi connectivity index (χ0v) is 17.0. The smallest absolute Gasteiger partial charge is 0.261 e. The van der Waals surface area contributed by atoms with Gasteiger partial charge in [-0.2, -0.15) is 5.10 Å². The molecule has 0 radical (unpaired) electrons. The lowest BCUT2D eigenvalue weighted by Crippen LogP contribution is -2.15. The van der Waals surface area contributed by atoms with Gasteiger partial charge in [-0.3, -0.25) is 14.2 Å². The van der Waals surface area contributed by atoms with Crippen LogP contribution in [0.15, 0.2) is 64.1 Å². The van der Waals surface area contributed by atoms with E-state index in [2.05, 4.69) is 31.1 Å². The van der Waals surface area contributed by atoms with Gasteiger partial charge in [0.05, 0.1) is 16.7 Å². The molecule has 3 aromatic rings. The second-order valence-electron chi connectivity index (χ2n) is 5.86. The molecule has 27 heavy (non-hydrogen) atoms. The Hall–Kier alpha value is -2.65. The second kappa shape index (κ2) is 7.53. The number of aryl methyl sites for hydroxylation is 1. The van der Waals surface area contributed by atoms with Crippen LogP contribution < -0.4 is 10.0 Å². The number of aromatic nitrogens is 2.